The van der Waals surface area contributed by atoms with Gasteiger partial charge in [0.2, 0.25) is 5.91 Å². The average Bonchev–Trinajstić information content (AvgIpc) is 2.44. The fourth-order valence-corrected chi connectivity index (χ4v) is 1.91. The van der Waals surface area contributed by atoms with E-state index in [1.54, 1.807) is 0 Å². The molecule has 0 fully saturated rings. The highest BCUT2D eigenvalue weighted by molar-refractivity contribution is 5.97. The van der Waals surface area contributed by atoms with Crippen molar-refractivity contribution in [3.63, 3.8) is 0 Å². The maximum absolute atomic E-state index is 12.1. The second-order valence-electron chi connectivity index (χ2n) is 4.84. The molecule has 4 nitrogen and oxygen atoms in total. The molecule has 0 aliphatic carbocycles. The van der Waals surface area contributed by atoms with E-state index < -0.39 is 5.54 Å². The van der Waals surface area contributed by atoms with Crippen molar-refractivity contribution in [3.05, 3.63) is 29.8 Å². The summed E-state index contributed by atoms with van der Waals surface area (Å²) < 4.78 is 0. The van der Waals surface area contributed by atoms with Gasteiger partial charge in [-0.1, -0.05) is 26.0 Å². The quantitative estimate of drug-likeness (QED) is 0.705. The van der Waals surface area contributed by atoms with Gasteiger partial charge in [0.25, 0.3) is 0 Å². The highest BCUT2D eigenvalue weighted by atomic mass is 16.2. The summed E-state index contributed by atoms with van der Waals surface area (Å²) in [7, 11) is 0. The normalized spacial score (nSPS) is 11.4. The fraction of sp³-hybridized carbons (Fsp3) is 0.533. The topological polar surface area (TPSA) is 75.4 Å². The van der Waals surface area contributed by atoms with Crippen LogP contribution in [-0.2, 0) is 11.2 Å². The molecule has 1 aromatic rings. The molecule has 0 heterocycles. The summed E-state index contributed by atoms with van der Waals surface area (Å²) in [6.45, 7) is 4.01. The third-order valence-electron chi connectivity index (χ3n) is 3.52. The van der Waals surface area contributed by atoms with Crippen LogP contribution in [0.25, 0.3) is 0 Å². The zero-order valence-electron chi connectivity index (χ0n) is 11.8. The minimum Gasteiger partial charge on any atom is -0.396 e. The number of aliphatic hydroxyl groups is 1. The van der Waals surface area contributed by atoms with Crippen molar-refractivity contribution >= 4 is 11.6 Å². The molecular formula is C15H24N2O2. The van der Waals surface area contributed by atoms with Gasteiger partial charge in [-0.15, -0.1) is 0 Å². The number of hydrogen-bond acceptors (Lipinski definition) is 3. The first-order valence-electron chi connectivity index (χ1n) is 6.86. The number of aryl methyl sites for hydroxylation is 1. The Balaban J connectivity index is 2.74. The van der Waals surface area contributed by atoms with Crippen LogP contribution in [0.15, 0.2) is 24.3 Å². The number of nitrogens with one attached hydrogen (secondary N) is 1. The molecule has 0 bridgehead atoms. The van der Waals surface area contributed by atoms with Crippen LogP contribution in [0.5, 0.6) is 0 Å². The number of carbonyl (C=O) groups excluding carboxylic acids is 1. The number of rotatable bonds is 7. The number of aliphatic hydroxyl groups excluding tert-OH is 1. The summed E-state index contributed by atoms with van der Waals surface area (Å²) in [5.74, 6) is -0.142. The summed E-state index contributed by atoms with van der Waals surface area (Å²) in [6, 6.07) is 7.67. The first-order chi connectivity index (χ1) is 9.05. The predicted molar refractivity (Wildman–Crippen MR) is 78.0 cm³/mol. The van der Waals surface area contributed by atoms with Crippen LogP contribution in [-0.4, -0.2) is 23.2 Å². The van der Waals surface area contributed by atoms with Crippen LogP contribution in [0.3, 0.4) is 0 Å². The molecule has 1 rings (SSSR count). The van der Waals surface area contributed by atoms with E-state index in [1.165, 1.54) is 0 Å². The van der Waals surface area contributed by atoms with Gasteiger partial charge in [0.1, 0.15) is 0 Å². The minimum absolute atomic E-state index is 0.142. The van der Waals surface area contributed by atoms with Gasteiger partial charge < -0.3 is 16.2 Å². The third kappa shape index (κ3) is 4.33. The maximum atomic E-state index is 12.1. The maximum Gasteiger partial charge on any atom is 0.244 e. The van der Waals surface area contributed by atoms with E-state index in [9.17, 15) is 4.79 Å². The van der Waals surface area contributed by atoms with Gasteiger partial charge in [-0.2, -0.15) is 0 Å². The molecule has 0 saturated carbocycles. The molecule has 106 valence electrons. The summed E-state index contributed by atoms with van der Waals surface area (Å²) in [4.78, 5) is 12.1. The molecular weight excluding hydrogens is 240 g/mol. The van der Waals surface area contributed by atoms with Gasteiger partial charge in [-0.25, -0.2) is 0 Å². The lowest BCUT2D eigenvalue weighted by atomic mass is 9.93. The van der Waals surface area contributed by atoms with E-state index in [0.717, 1.165) is 24.1 Å². The Kier molecular flexibility index (Phi) is 5.99. The van der Waals surface area contributed by atoms with E-state index in [-0.39, 0.29) is 12.5 Å². The highest BCUT2D eigenvalue weighted by Crippen LogP contribution is 2.17. The summed E-state index contributed by atoms with van der Waals surface area (Å²) >= 11 is 0. The SMILES string of the molecule is CCC(N)(CC)C(=O)Nc1cccc(CCCO)c1. The van der Waals surface area contributed by atoms with E-state index in [1.807, 2.05) is 38.1 Å². The van der Waals surface area contributed by atoms with Crippen molar-refractivity contribution in [3.8, 4) is 0 Å². The number of carbonyl (C=O) groups is 1. The molecule has 0 aliphatic rings. The Morgan fingerprint density at radius 1 is 1.37 bits per heavy atom. The molecule has 1 amide bonds. The number of nitrogens with two attached hydrogens (primary N) is 1. The molecule has 0 atom stereocenters. The second-order valence-corrected chi connectivity index (χ2v) is 4.84. The Morgan fingerprint density at radius 3 is 2.63 bits per heavy atom. The average molecular weight is 264 g/mol. The summed E-state index contributed by atoms with van der Waals surface area (Å²) in [6.07, 6.45) is 2.75. The number of benzene rings is 1. The molecule has 4 heteroatoms. The van der Waals surface area contributed by atoms with Crippen molar-refractivity contribution in [2.45, 2.75) is 45.1 Å². The predicted octanol–water partition coefficient (Wildman–Crippen LogP) is 2.07. The monoisotopic (exact) mass is 264 g/mol. The van der Waals surface area contributed by atoms with E-state index >= 15 is 0 Å². The first-order valence-corrected chi connectivity index (χ1v) is 6.86. The van der Waals surface area contributed by atoms with Gasteiger partial charge in [0, 0.05) is 12.3 Å². The van der Waals surface area contributed by atoms with Crippen molar-refractivity contribution < 1.29 is 9.90 Å². The standard InChI is InChI=1S/C15H24N2O2/c1-3-15(16,4-2)14(19)17-13-9-5-7-12(11-13)8-6-10-18/h5,7,9,11,18H,3-4,6,8,10,16H2,1-2H3,(H,17,19). The molecule has 19 heavy (non-hydrogen) atoms. The van der Waals surface area contributed by atoms with Gasteiger partial charge in [-0.05, 0) is 43.4 Å². The molecule has 0 aliphatic heterocycles. The molecule has 0 spiro atoms. The van der Waals surface area contributed by atoms with Crippen LogP contribution in [0.2, 0.25) is 0 Å². The second kappa shape index (κ2) is 7.26. The Morgan fingerprint density at radius 2 is 2.05 bits per heavy atom. The minimum atomic E-state index is -0.804. The lowest BCUT2D eigenvalue weighted by molar-refractivity contribution is -0.121. The molecule has 4 N–H and O–H groups in total. The lowest BCUT2D eigenvalue weighted by Gasteiger charge is -2.25. The van der Waals surface area contributed by atoms with Crippen molar-refractivity contribution in [1.82, 2.24) is 0 Å². The number of amides is 1. The van der Waals surface area contributed by atoms with Crippen LogP contribution in [0.1, 0.15) is 38.7 Å². The summed E-state index contributed by atoms with van der Waals surface area (Å²) in [5.41, 5.74) is 7.12. The number of anilines is 1. The van der Waals surface area contributed by atoms with Crippen LogP contribution in [0.4, 0.5) is 5.69 Å². The van der Waals surface area contributed by atoms with Crippen molar-refractivity contribution in [2.75, 3.05) is 11.9 Å². The Labute approximate surface area is 115 Å². The van der Waals surface area contributed by atoms with Gasteiger partial charge in [0.05, 0.1) is 5.54 Å². The summed E-state index contributed by atoms with van der Waals surface area (Å²) in [5, 5.41) is 11.7. The molecule has 0 saturated heterocycles. The van der Waals surface area contributed by atoms with Crippen LogP contribution >= 0.6 is 0 Å². The van der Waals surface area contributed by atoms with Crippen LogP contribution in [0, 0.1) is 0 Å². The smallest absolute Gasteiger partial charge is 0.244 e. The lowest BCUT2D eigenvalue weighted by Crippen LogP contribution is -2.50. The van der Waals surface area contributed by atoms with Crippen molar-refractivity contribution in [1.29, 1.82) is 0 Å². The zero-order valence-corrected chi connectivity index (χ0v) is 11.8. The van der Waals surface area contributed by atoms with E-state index in [0.29, 0.717) is 12.8 Å². The largest absolute Gasteiger partial charge is 0.396 e. The van der Waals surface area contributed by atoms with Gasteiger partial charge in [-0.3, -0.25) is 4.79 Å². The van der Waals surface area contributed by atoms with Crippen molar-refractivity contribution in [2.24, 2.45) is 5.73 Å². The van der Waals surface area contributed by atoms with E-state index in [2.05, 4.69) is 5.32 Å². The van der Waals surface area contributed by atoms with Gasteiger partial charge >= 0.3 is 0 Å². The molecule has 1 aromatic carbocycles. The van der Waals surface area contributed by atoms with Crippen LogP contribution < -0.4 is 11.1 Å². The van der Waals surface area contributed by atoms with Gasteiger partial charge in [0.15, 0.2) is 0 Å². The molecule has 0 radical (unpaired) electrons. The molecule has 0 aromatic heterocycles. The first kappa shape index (κ1) is 15.7. The highest BCUT2D eigenvalue weighted by Gasteiger charge is 2.29. The number of hydrogen-bond donors (Lipinski definition) is 3. The Bertz CT molecular complexity index is 414. The fourth-order valence-electron chi connectivity index (χ4n) is 1.91. The Hall–Kier alpha value is -1.39. The zero-order chi connectivity index (χ0) is 14.3. The van der Waals surface area contributed by atoms with E-state index in [4.69, 9.17) is 10.8 Å². The third-order valence-corrected chi connectivity index (χ3v) is 3.52. The molecule has 0 unspecified atom stereocenters.